The third-order valence-corrected chi connectivity index (χ3v) is 3.59. The largest absolute Gasteiger partial charge is 0.394 e. The number of aliphatic hydroxyl groups excluding tert-OH is 2. The second-order valence-electron chi connectivity index (χ2n) is 4.84. The summed E-state index contributed by atoms with van der Waals surface area (Å²) in [6.07, 6.45) is -4.34. The summed E-state index contributed by atoms with van der Waals surface area (Å²) in [6, 6.07) is 0. The summed E-state index contributed by atoms with van der Waals surface area (Å²) in [4.78, 5) is 19.9. The van der Waals surface area contributed by atoms with Crippen molar-refractivity contribution >= 4 is 17.1 Å². The SMILES string of the molecule is Cn1c(N)nc2c(ncn2[C@@H]2O[C@H](CO)C(O)[C@@H]2F)c1=O. The van der Waals surface area contributed by atoms with E-state index in [0.717, 1.165) is 4.57 Å². The second-order valence-corrected chi connectivity index (χ2v) is 4.84. The molecule has 0 bridgehead atoms. The second kappa shape index (κ2) is 4.76. The Bertz CT molecular complexity index is 744. The number of alkyl halides is 1. The Morgan fingerprint density at radius 2 is 2.29 bits per heavy atom. The van der Waals surface area contributed by atoms with Gasteiger partial charge >= 0.3 is 0 Å². The monoisotopic (exact) mass is 299 g/mol. The highest BCUT2D eigenvalue weighted by atomic mass is 19.1. The van der Waals surface area contributed by atoms with Crippen LogP contribution in [-0.2, 0) is 11.8 Å². The molecule has 114 valence electrons. The molecule has 9 nitrogen and oxygen atoms in total. The molecule has 4 atom stereocenters. The molecule has 0 radical (unpaired) electrons. The summed E-state index contributed by atoms with van der Waals surface area (Å²) < 4.78 is 21.7. The van der Waals surface area contributed by atoms with Crippen molar-refractivity contribution in [1.82, 2.24) is 19.1 Å². The molecule has 2 aromatic rings. The topological polar surface area (TPSA) is 128 Å². The van der Waals surface area contributed by atoms with Crippen molar-refractivity contribution in [3.8, 4) is 0 Å². The van der Waals surface area contributed by atoms with E-state index in [-0.39, 0.29) is 17.1 Å². The van der Waals surface area contributed by atoms with Crippen molar-refractivity contribution in [3.05, 3.63) is 16.7 Å². The van der Waals surface area contributed by atoms with Gasteiger partial charge in [-0.1, -0.05) is 0 Å². The number of ether oxygens (including phenoxy) is 1. The van der Waals surface area contributed by atoms with Crippen LogP contribution in [0.2, 0.25) is 0 Å². The molecule has 1 saturated heterocycles. The molecule has 1 fully saturated rings. The van der Waals surface area contributed by atoms with Gasteiger partial charge in [0.2, 0.25) is 5.95 Å². The average molecular weight is 299 g/mol. The zero-order valence-corrected chi connectivity index (χ0v) is 11.0. The van der Waals surface area contributed by atoms with Gasteiger partial charge in [-0.15, -0.1) is 0 Å². The van der Waals surface area contributed by atoms with E-state index in [9.17, 15) is 14.3 Å². The van der Waals surface area contributed by atoms with Crippen LogP contribution in [0, 0.1) is 0 Å². The Labute approximate surface area is 117 Å². The Balaban J connectivity index is 2.12. The highest BCUT2D eigenvalue weighted by molar-refractivity contribution is 5.71. The number of rotatable bonds is 2. The van der Waals surface area contributed by atoms with Crippen LogP contribution < -0.4 is 11.3 Å². The van der Waals surface area contributed by atoms with Crippen LogP contribution in [0.25, 0.3) is 11.2 Å². The number of imidazole rings is 1. The van der Waals surface area contributed by atoms with Crippen LogP contribution in [-0.4, -0.2) is 54.3 Å². The molecule has 0 aromatic carbocycles. The van der Waals surface area contributed by atoms with E-state index in [1.165, 1.54) is 17.9 Å². The Kier molecular flexibility index (Phi) is 3.15. The van der Waals surface area contributed by atoms with Crippen molar-refractivity contribution in [2.24, 2.45) is 7.05 Å². The van der Waals surface area contributed by atoms with Gasteiger partial charge in [0.15, 0.2) is 23.6 Å². The van der Waals surface area contributed by atoms with E-state index < -0.39 is 36.8 Å². The Hall–Kier alpha value is -2.04. The average Bonchev–Trinajstić information content (AvgIpc) is 2.99. The molecule has 4 N–H and O–H groups in total. The van der Waals surface area contributed by atoms with Gasteiger partial charge in [-0.2, -0.15) is 4.98 Å². The van der Waals surface area contributed by atoms with E-state index in [2.05, 4.69) is 9.97 Å². The molecule has 0 spiro atoms. The number of fused-ring (bicyclic) bond motifs is 1. The maximum absolute atomic E-state index is 14.1. The fraction of sp³-hybridized carbons (Fsp3) is 0.545. The van der Waals surface area contributed by atoms with Crippen molar-refractivity contribution in [3.63, 3.8) is 0 Å². The summed E-state index contributed by atoms with van der Waals surface area (Å²) in [7, 11) is 1.44. The number of nitrogen functional groups attached to an aromatic ring is 1. The lowest BCUT2D eigenvalue weighted by atomic mass is 10.1. The lowest BCUT2D eigenvalue weighted by Gasteiger charge is -2.15. The predicted octanol–water partition coefficient (Wildman–Crippen LogP) is -1.70. The quantitative estimate of drug-likeness (QED) is 0.603. The standard InChI is InChI=1S/C11H14FN5O4/c1-16-9(20)6-8(15-11(16)13)17(3-14-6)10-5(12)7(19)4(2-18)21-10/h3-5,7,10,18-19H,2H2,1H3,(H2,13,15)/t4-,5+,7?,10-/m1/s1. The van der Waals surface area contributed by atoms with Crippen LogP contribution in [0.3, 0.4) is 0 Å². The van der Waals surface area contributed by atoms with Gasteiger partial charge in [0, 0.05) is 7.05 Å². The van der Waals surface area contributed by atoms with Gasteiger partial charge in [-0.25, -0.2) is 9.37 Å². The zero-order valence-electron chi connectivity index (χ0n) is 11.0. The third kappa shape index (κ3) is 1.91. The fourth-order valence-corrected chi connectivity index (χ4v) is 2.33. The highest BCUT2D eigenvalue weighted by Crippen LogP contribution is 2.33. The number of nitrogens with zero attached hydrogens (tertiary/aromatic N) is 4. The van der Waals surface area contributed by atoms with E-state index in [1.807, 2.05) is 0 Å². The first kappa shape index (κ1) is 13.9. The molecule has 3 heterocycles. The van der Waals surface area contributed by atoms with E-state index >= 15 is 0 Å². The predicted molar refractivity (Wildman–Crippen MR) is 69.1 cm³/mol. The minimum Gasteiger partial charge on any atom is -0.394 e. The fourth-order valence-electron chi connectivity index (χ4n) is 2.33. The first-order valence-electron chi connectivity index (χ1n) is 6.23. The zero-order chi connectivity index (χ0) is 15.3. The van der Waals surface area contributed by atoms with Crippen LogP contribution in [0.1, 0.15) is 6.23 Å². The summed E-state index contributed by atoms with van der Waals surface area (Å²) >= 11 is 0. The maximum Gasteiger partial charge on any atom is 0.282 e. The Morgan fingerprint density at radius 3 is 2.90 bits per heavy atom. The molecule has 2 aromatic heterocycles. The van der Waals surface area contributed by atoms with E-state index in [1.54, 1.807) is 0 Å². The molecule has 1 aliphatic heterocycles. The van der Waals surface area contributed by atoms with Crippen molar-refractivity contribution in [1.29, 1.82) is 0 Å². The molecular formula is C11H14FN5O4. The minimum absolute atomic E-state index is 0.0180. The summed E-state index contributed by atoms with van der Waals surface area (Å²) in [5, 5.41) is 18.7. The van der Waals surface area contributed by atoms with Crippen LogP contribution in [0.4, 0.5) is 10.3 Å². The summed E-state index contributed by atoms with van der Waals surface area (Å²) in [5.41, 5.74) is 5.23. The number of nitrogens with two attached hydrogens (primary N) is 1. The molecule has 3 rings (SSSR count). The summed E-state index contributed by atoms with van der Waals surface area (Å²) in [5.74, 6) is -0.0538. The molecular weight excluding hydrogens is 285 g/mol. The molecule has 0 saturated carbocycles. The highest BCUT2D eigenvalue weighted by Gasteiger charge is 2.45. The smallest absolute Gasteiger partial charge is 0.282 e. The maximum atomic E-state index is 14.1. The number of halogens is 1. The van der Waals surface area contributed by atoms with Gasteiger partial charge in [0.1, 0.15) is 12.2 Å². The summed E-state index contributed by atoms with van der Waals surface area (Å²) in [6.45, 7) is -0.526. The Morgan fingerprint density at radius 1 is 1.57 bits per heavy atom. The van der Waals surface area contributed by atoms with Gasteiger partial charge in [0.25, 0.3) is 5.56 Å². The first-order valence-corrected chi connectivity index (χ1v) is 6.23. The molecule has 21 heavy (non-hydrogen) atoms. The molecule has 1 unspecified atom stereocenters. The van der Waals surface area contributed by atoms with Gasteiger partial charge in [0.05, 0.1) is 12.9 Å². The molecule has 10 heteroatoms. The lowest BCUT2D eigenvalue weighted by molar-refractivity contribution is -0.0459. The van der Waals surface area contributed by atoms with Gasteiger partial charge in [-0.05, 0) is 0 Å². The van der Waals surface area contributed by atoms with Gasteiger partial charge < -0.3 is 20.7 Å². The van der Waals surface area contributed by atoms with E-state index in [4.69, 9.17) is 15.6 Å². The first-order chi connectivity index (χ1) is 9.95. The normalized spacial score (nSPS) is 29.3. The molecule has 0 aliphatic carbocycles. The van der Waals surface area contributed by atoms with Crippen LogP contribution in [0.5, 0.6) is 0 Å². The molecule has 1 aliphatic rings. The van der Waals surface area contributed by atoms with E-state index in [0.29, 0.717) is 0 Å². The number of anilines is 1. The van der Waals surface area contributed by atoms with Gasteiger partial charge in [-0.3, -0.25) is 13.9 Å². The number of hydrogen-bond acceptors (Lipinski definition) is 7. The lowest BCUT2D eigenvalue weighted by Crippen LogP contribution is -2.30. The van der Waals surface area contributed by atoms with Crippen molar-refractivity contribution in [2.45, 2.75) is 24.6 Å². The van der Waals surface area contributed by atoms with Crippen molar-refractivity contribution < 1.29 is 19.3 Å². The number of aliphatic hydroxyl groups is 2. The number of hydrogen-bond donors (Lipinski definition) is 3. The number of aromatic nitrogens is 4. The minimum atomic E-state index is -1.79. The molecule has 0 amide bonds. The van der Waals surface area contributed by atoms with Crippen LogP contribution >= 0.6 is 0 Å². The third-order valence-electron chi connectivity index (χ3n) is 3.59. The van der Waals surface area contributed by atoms with Crippen LogP contribution in [0.15, 0.2) is 11.1 Å². The van der Waals surface area contributed by atoms with Crippen molar-refractivity contribution in [2.75, 3.05) is 12.3 Å².